The van der Waals surface area contributed by atoms with Crippen molar-refractivity contribution < 1.29 is 0 Å². The SMILES string of the molecule is CCCC[B]CCCN(CC)CC. The van der Waals surface area contributed by atoms with E-state index in [1.807, 2.05) is 0 Å². The molecule has 0 aliphatic carbocycles. The van der Waals surface area contributed by atoms with Gasteiger partial charge >= 0.3 is 0 Å². The van der Waals surface area contributed by atoms with Crippen LogP contribution in [0.3, 0.4) is 0 Å². The van der Waals surface area contributed by atoms with E-state index in [0.717, 1.165) is 0 Å². The van der Waals surface area contributed by atoms with Gasteiger partial charge in [-0.1, -0.05) is 46.3 Å². The van der Waals surface area contributed by atoms with Gasteiger partial charge in [0.1, 0.15) is 7.28 Å². The van der Waals surface area contributed by atoms with Crippen molar-refractivity contribution in [3.05, 3.63) is 0 Å². The second-order valence-electron chi connectivity index (χ2n) is 3.60. The fourth-order valence-corrected chi connectivity index (χ4v) is 1.49. The van der Waals surface area contributed by atoms with Crippen molar-refractivity contribution in [2.24, 2.45) is 0 Å². The van der Waals surface area contributed by atoms with Crippen LogP contribution in [0.25, 0.3) is 0 Å². The summed E-state index contributed by atoms with van der Waals surface area (Å²) in [5.41, 5.74) is 0. The maximum absolute atomic E-state index is 2.49. The second kappa shape index (κ2) is 10.1. The Kier molecular flexibility index (Phi) is 10.1. The molecule has 13 heavy (non-hydrogen) atoms. The van der Waals surface area contributed by atoms with Crippen molar-refractivity contribution >= 4 is 7.28 Å². The highest BCUT2D eigenvalue weighted by atomic mass is 15.1. The minimum atomic E-state index is 1.20. The highest BCUT2D eigenvalue weighted by molar-refractivity contribution is 6.35. The Morgan fingerprint density at radius 3 is 2.08 bits per heavy atom. The smallest absolute Gasteiger partial charge is 0.109 e. The van der Waals surface area contributed by atoms with Crippen molar-refractivity contribution in [2.75, 3.05) is 19.6 Å². The molecule has 0 N–H and O–H groups in total. The second-order valence-corrected chi connectivity index (χ2v) is 3.60. The molecule has 0 heterocycles. The Balaban J connectivity index is 3.05. The van der Waals surface area contributed by atoms with Crippen LogP contribution in [0.4, 0.5) is 0 Å². The Morgan fingerprint density at radius 1 is 0.923 bits per heavy atom. The van der Waals surface area contributed by atoms with Crippen molar-refractivity contribution in [1.82, 2.24) is 4.90 Å². The first-order valence-corrected chi connectivity index (χ1v) is 5.89. The molecule has 0 bridgehead atoms. The molecule has 0 aliphatic heterocycles. The van der Waals surface area contributed by atoms with Gasteiger partial charge in [-0.2, -0.15) is 0 Å². The number of nitrogens with zero attached hydrogens (tertiary/aromatic N) is 1. The zero-order valence-electron chi connectivity index (χ0n) is 9.68. The lowest BCUT2D eigenvalue weighted by Gasteiger charge is -2.17. The molecule has 0 rings (SSSR count). The monoisotopic (exact) mass is 182 g/mol. The van der Waals surface area contributed by atoms with Crippen LogP contribution in [-0.2, 0) is 0 Å². The van der Waals surface area contributed by atoms with Crippen LogP contribution in [0.1, 0.15) is 40.0 Å². The Labute approximate surface area is 85.1 Å². The van der Waals surface area contributed by atoms with E-state index in [-0.39, 0.29) is 0 Å². The van der Waals surface area contributed by atoms with Gasteiger partial charge in [0.25, 0.3) is 0 Å². The van der Waals surface area contributed by atoms with Crippen LogP contribution in [-0.4, -0.2) is 31.8 Å². The van der Waals surface area contributed by atoms with Crippen LogP contribution in [0.5, 0.6) is 0 Å². The third-order valence-electron chi connectivity index (χ3n) is 2.54. The van der Waals surface area contributed by atoms with E-state index >= 15 is 0 Å². The zero-order valence-corrected chi connectivity index (χ0v) is 9.68. The van der Waals surface area contributed by atoms with Crippen LogP contribution >= 0.6 is 0 Å². The summed E-state index contributed by atoms with van der Waals surface area (Å²) in [6, 6.07) is 0. The molecular weight excluding hydrogens is 157 g/mol. The lowest BCUT2D eigenvalue weighted by Crippen LogP contribution is -2.24. The lowest BCUT2D eigenvalue weighted by molar-refractivity contribution is 0.304. The van der Waals surface area contributed by atoms with E-state index in [9.17, 15) is 0 Å². The van der Waals surface area contributed by atoms with Crippen LogP contribution in [0, 0.1) is 0 Å². The van der Waals surface area contributed by atoms with E-state index in [4.69, 9.17) is 0 Å². The fourth-order valence-electron chi connectivity index (χ4n) is 1.49. The first-order valence-electron chi connectivity index (χ1n) is 5.89. The predicted octanol–water partition coefficient (Wildman–Crippen LogP) is 3.06. The van der Waals surface area contributed by atoms with E-state index in [2.05, 4.69) is 33.0 Å². The van der Waals surface area contributed by atoms with Gasteiger partial charge in [-0.15, -0.1) is 0 Å². The molecule has 0 amide bonds. The van der Waals surface area contributed by atoms with Gasteiger partial charge in [-0.05, 0) is 26.1 Å². The van der Waals surface area contributed by atoms with E-state index in [1.165, 1.54) is 51.5 Å². The summed E-state index contributed by atoms with van der Waals surface area (Å²) in [4.78, 5) is 2.49. The average Bonchev–Trinajstić information content (AvgIpc) is 2.17. The molecule has 1 radical (unpaired) electrons. The van der Waals surface area contributed by atoms with Gasteiger partial charge in [0.2, 0.25) is 0 Å². The van der Waals surface area contributed by atoms with Crippen molar-refractivity contribution in [1.29, 1.82) is 0 Å². The molecule has 0 saturated carbocycles. The Bertz CT molecular complexity index is 92.1. The van der Waals surface area contributed by atoms with Gasteiger partial charge in [0.15, 0.2) is 0 Å². The highest BCUT2D eigenvalue weighted by Gasteiger charge is 1.98. The minimum absolute atomic E-state index is 1.20. The summed E-state index contributed by atoms with van der Waals surface area (Å²) in [6.45, 7) is 10.4. The third kappa shape index (κ3) is 8.36. The number of hydrogen-bond donors (Lipinski definition) is 0. The Morgan fingerprint density at radius 2 is 1.54 bits per heavy atom. The van der Waals surface area contributed by atoms with E-state index < -0.39 is 0 Å². The fraction of sp³-hybridized carbons (Fsp3) is 1.00. The summed E-state index contributed by atoms with van der Waals surface area (Å²) in [6.07, 6.45) is 6.65. The van der Waals surface area contributed by atoms with E-state index in [0.29, 0.717) is 0 Å². The molecule has 77 valence electrons. The normalized spacial score (nSPS) is 10.8. The predicted molar refractivity (Wildman–Crippen MR) is 62.7 cm³/mol. The molecule has 0 saturated heterocycles. The van der Waals surface area contributed by atoms with Gasteiger partial charge in [0.05, 0.1) is 0 Å². The summed E-state index contributed by atoms with van der Waals surface area (Å²) in [7, 11) is 2.45. The molecule has 2 heteroatoms. The summed E-state index contributed by atoms with van der Waals surface area (Å²) < 4.78 is 0. The average molecular weight is 182 g/mol. The molecule has 0 aliphatic rings. The maximum Gasteiger partial charge on any atom is 0.109 e. The molecule has 1 nitrogen and oxygen atoms in total. The van der Waals surface area contributed by atoms with Gasteiger partial charge in [0, 0.05) is 0 Å². The van der Waals surface area contributed by atoms with Gasteiger partial charge in [-0.3, -0.25) is 0 Å². The van der Waals surface area contributed by atoms with Crippen molar-refractivity contribution in [2.45, 2.75) is 52.7 Å². The first kappa shape index (κ1) is 13.0. The first-order chi connectivity index (χ1) is 6.35. The zero-order chi connectivity index (χ0) is 9.94. The standard InChI is InChI=1S/C11H25BN/c1-4-7-9-12-10-8-11-13(5-2)6-3/h4-11H2,1-3H3. The number of hydrogen-bond acceptors (Lipinski definition) is 1. The molecule has 0 fully saturated rings. The number of unbranched alkanes of at least 4 members (excludes halogenated alkanes) is 1. The quantitative estimate of drug-likeness (QED) is 0.391. The lowest BCUT2D eigenvalue weighted by atomic mass is 9.69. The minimum Gasteiger partial charge on any atom is -0.304 e. The van der Waals surface area contributed by atoms with Crippen molar-refractivity contribution in [3.8, 4) is 0 Å². The number of rotatable bonds is 9. The summed E-state index contributed by atoms with van der Waals surface area (Å²) >= 11 is 0. The topological polar surface area (TPSA) is 3.24 Å². The van der Waals surface area contributed by atoms with Gasteiger partial charge < -0.3 is 4.90 Å². The molecule has 0 aromatic heterocycles. The highest BCUT2D eigenvalue weighted by Crippen LogP contribution is 2.00. The third-order valence-corrected chi connectivity index (χ3v) is 2.54. The van der Waals surface area contributed by atoms with E-state index in [1.54, 1.807) is 0 Å². The molecule has 0 spiro atoms. The summed E-state index contributed by atoms with van der Waals surface area (Å²) in [5.74, 6) is 0. The van der Waals surface area contributed by atoms with Gasteiger partial charge in [-0.25, -0.2) is 0 Å². The molecule has 0 atom stereocenters. The largest absolute Gasteiger partial charge is 0.304 e. The van der Waals surface area contributed by atoms with Crippen LogP contribution < -0.4 is 0 Å². The van der Waals surface area contributed by atoms with Crippen LogP contribution in [0.2, 0.25) is 12.6 Å². The van der Waals surface area contributed by atoms with Crippen LogP contribution in [0.15, 0.2) is 0 Å². The maximum atomic E-state index is 2.49. The molecular formula is C11H25BN. The Hall–Kier alpha value is 0.0249. The molecule has 0 aromatic carbocycles. The molecule has 0 aromatic rings. The van der Waals surface area contributed by atoms with Crippen molar-refractivity contribution in [3.63, 3.8) is 0 Å². The molecule has 0 unspecified atom stereocenters. The summed E-state index contributed by atoms with van der Waals surface area (Å²) in [5, 5.41) is 0.